The van der Waals surface area contributed by atoms with E-state index in [1.165, 1.54) is 12.1 Å². The molecule has 0 radical (unpaired) electrons. The fourth-order valence-corrected chi connectivity index (χ4v) is 1.21. The molecule has 0 bridgehead atoms. The van der Waals surface area contributed by atoms with Crippen molar-refractivity contribution < 1.29 is 27.4 Å². The molecule has 0 aromatic heterocycles. The molecule has 106 valence electrons. The Morgan fingerprint density at radius 3 is 2.63 bits per heavy atom. The van der Waals surface area contributed by atoms with Crippen LogP contribution >= 0.6 is 0 Å². The van der Waals surface area contributed by atoms with E-state index in [9.17, 15) is 18.0 Å². The van der Waals surface area contributed by atoms with Crippen molar-refractivity contribution in [1.82, 2.24) is 0 Å². The molecule has 0 saturated heterocycles. The monoisotopic (exact) mass is 277 g/mol. The normalized spacial score (nSPS) is 11.5. The Hall–Kier alpha value is -1.76. The Bertz CT molecular complexity index is 432. The zero-order valence-corrected chi connectivity index (χ0v) is 10.5. The Labute approximate surface area is 108 Å². The molecule has 0 heterocycles. The minimum Gasteiger partial charge on any atom is -0.406 e. The first-order chi connectivity index (χ1) is 8.76. The van der Waals surface area contributed by atoms with Crippen LogP contribution < -0.4 is 10.1 Å². The van der Waals surface area contributed by atoms with Crippen molar-refractivity contribution in [2.24, 2.45) is 0 Å². The third-order valence-corrected chi connectivity index (χ3v) is 1.90. The summed E-state index contributed by atoms with van der Waals surface area (Å²) < 4.78 is 44.8. The summed E-state index contributed by atoms with van der Waals surface area (Å²) in [5.74, 6) is -0.840. The van der Waals surface area contributed by atoms with Crippen molar-refractivity contribution in [2.45, 2.75) is 26.3 Å². The van der Waals surface area contributed by atoms with Gasteiger partial charge in [-0.05, 0) is 26.0 Å². The number of hydrogen-bond donors (Lipinski definition) is 1. The van der Waals surface area contributed by atoms with Gasteiger partial charge in [-0.3, -0.25) is 4.79 Å². The average molecular weight is 277 g/mol. The van der Waals surface area contributed by atoms with Crippen molar-refractivity contribution in [3.8, 4) is 5.75 Å². The van der Waals surface area contributed by atoms with Gasteiger partial charge in [0.25, 0.3) is 0 Å². The van der Waals surface area contributed by atoms with Crippen LogP contribution in [0.3, 0.4) is 0 Å². The Morgan fingerprint density at radius 1 is 1.37 bits per heavy atom. The first-order valence-electron chi connectivity index (χ1n) is 5.53. The van der Waals surface area contributed by atoms with Crippen LogP contribution in [0.1, 0.15) is 13.8 Å². The van der Waals surface area contributed by atoms with Gasteiger partial charge in [-0.2, -0.15) is 0 Å². The third kappa shape index (κ3) is 6.66. The number of benzene rings is 1. The summed E-state index contributed by atoms with van der Waals surface area (Å²) >= 11 is 0. The molecule has 0 atom stereocenters. The molecule has 0 saturated carbocycles. The van der Waals surface area contributed by atoms with Gasteiger partial charge in [0.1, 0.15) is 12.4 Å². The number of carbonyl (C=O) groups is 1. The van der Waals surface area contributed by atoms with E-state index in [0.717, 1.165) is 12.1 Å². The molecular formula is C12H14F3NO3. The van der Waals surface area contributed by atoms with E-state index in [4.69, 9.17) is 4.74 Å². The number of halogens is 3. The summed E-state index contributed by atoms with van der Waals surface area (Å²) in [6.45, 7) is 3.37. The van der Waals surface area contributed by atoms with Crippen LogP contribution in [0.15, 0.2) is 24.3 Å². The second-order valence-electron chi connectivity index (χ2n) is 3.98. The third-order valence-electron chi connectivity index (χ3n) is 1.90. The Kier molecular flexibility index (Phi) is 5.17. The van der Waals surface area contributed by atoms with Crippen LogP contribution in [0.2, 0.25) is 0 Å². The number of carbonyl (C=O) groups excluding carboxylic acids is 1. The van der Waals surface area contributed by atoms with Crippen molar-refractivity contribution in [3.05, 3.63) is 24.3 Å². The molecule has 7 heteroatoms. The highest BCUT2D eigenvalue weighted by Crippen LogP contribution is 2.24. The highest BCUT2D eigenvalue weighted by molar-refractivity contribution is 5.91. The van der Waals surface area contributed by atoms with Crippen LogP contribution in [-0.2, 0) is 9.53 Å². The standard InChI is InChI=1S/C12H14F3NO3/c1-8(2)18-7-11(17)16-9-4-3-5-10(6-9)19-12(13,14)15/h3-6,8H,7H2,1-2H3,(H,16,17). The highest BCUT2D eigenvalue weighted by Gasteiger charge is 2.31. The summed E-state index contributed by atoms with van der Waals surface area (Å²) in [7, 11) is 0. The highest BCUT2D eigenvalue weighted by atomic mass is 19.4. The van der Waals surface area contributed by atoms with Crippen molar-refractivity contribution in [1.29, 1.82) is 0 Å². The van der Waals surface area contributed by atoms with Crippen molar-refractivity contribution in [3.63, 3.8) is 0 Å². The molecule has 4 nitrogen and oxygen atoms in total. The van der Waals surface area contributed by atoms with E-state index in [1.54, 1.807) is 13.8 Å². The molecule has 1 rings (SSSR count). The summed E-state index contributed by atoms with van der Waals surface area (Å²) in [4.78, 5) is 11.4. The molecule has 0 spiro atoms. The second-order valence-corrected chi connectivity index (χ2v) is 3.98. The second kappa shape index (κ2) is 6.42. The van der Waals surface area contributed by atoms with Crippen LogP contribution in [0.5, 0.6) is 5.75 Å². The van der Waals surface area contributed by atoms with Crippen molar-refractivity contribution in [2.75, 3.05) is 11.9 Å². The molecule has 1 aromatic carbocycles. The minimum absolute atomic E-state index is 0.106. The van der Waals surface area contributed by atoms with Gasteiger partial charge in [0.2, 0.25) is 5.91 Å². The van der Waals surface area contributed by atoms with Crippen LogP contribution in [0, 0.1) is 0 Å². The number of hydrogen-bond acceptors (Lipinski definition) is 3. The zero-order valence-electron chi connectivity index (χ0n) is 10.5. The van der Waals surface area contributed by atoms with Gasteiger partial charge in [-0.15, -0.1) is 13.2 Å². The predicted octanol–water partition coefficient (Wildman–Crippen LogP) is 2.95. The van der Waals surface area contributed by atoms with Crippen LogP contribution in [0.25, 0.3) is 0 Å². The number of amides is 1. The Balaban J connectivity index is 2.59. The number of anilines is 1. The lowest BCUT2D eigenvalue weighted by atomic mass is 10.3. The molecule has 0 aliphatic rings. The predicted molar refractivity (Wildman–Crippen MR) is 62.8 cm³/mol. The van der Waals surface area contributed by atoms with E-state index < -0.39 is 18.0 Å². The summed E-state index contributed by atoms with van der Waals surface area (Å²) in [6, 6.07) is 5.03. The smallest absolute Gasteiger partial charge is 0.406 e. The lowest BCUT2D eigenvalue weighted by Crippen LogP contribution is -2.21. The topological polar surface area (TPSA) is 47.6 Å². The van der Waals surface area contributed by atoms with E-state index in [2.05, 4.69) is 10.1 Å². The summed E-state index contributed by atoms with van der Waals surface area (Å²) in [6.07, 6.45) is -4.87. The molecule has 0 aliphatic heterocycles. The number of nitrogens with one attached hydrogen (secondary N) is 1. The fourth-order valence-electron chi connectivity index (χ4n) is 1.21. The van der Waals surface area contributed by atoms with E-state index in [-0.39, 0.29) is 18.4 Å². The van der Waals surface area contributed by atoms with Gasteiger partial charge in [0.05, 0.1) is 6.10 Å². The average Bonchev–Trinajstić information content (AvgIpc) is 2.24. The zero-order chi connectivity index (χ0) is 14.5. The van der Waals surface area contributed by atoms with Gasteiger partial charge in [-0.1, -0.05) is 6.07 Å². The maximum Gasteiger partial charge on any atom is 0.573 e. The number of alkyl halides is 3. The van der Waals surface area contributed by atoms with Crippen molar-refractivity contribution >= 4 is 11.6 Å². The van der Waals surface area contributed by atoms with Gasteiger partial charge in [0, 0.05) is 11.8 Å². The first-order valence-corrected chi connectivity index (χ1v) is 5.53. The molecule has 0 aliphatic carbocycles. The number of rotatable bonds is 5. The van der Waals surface area contributed by atoms with E-state index >= 15 is 0 Å². The molecule has 1 N–H and O–H groups in total. The van der Waals surface area contributed by atoms with Crippen LogP contribution in [-0.4, -0.2) is 25.0 Å². The van der Waals surface area contributed by atoms with E-state index in [0.29, 0.717) is 0 Å². The molecule has 0 unspecified atom stereocenters. The molecular weight excluding hydrogens is 263 g/mol. The summed E-state index contributed by atoms with van der Waals surface area (Å²) in [5, 5.41) is 2.41. The van der Waals surface area contributed by atoms with Gasteiger partial charge in [-0.25, -0.2) is 0 Å². The van der Waals surface area contributed by atoms with Gasteiger partial charge in [0.15, 0.2) is 0 Å². The molecule has 1 aromatic rings. The largest absolute Gasteiger partial charge is 0.573 e. The van der Waals surface area contributed by atoms with Crippen LogP contribution in [0.4, 0.5) is 18.9 Å². The molecule has 0 fully saturated rings. The Morgan fingerprint density at radius 2 is 2.05 bits per heavy atom. The first kappa shape index (κ1) is 15.3. The molecule has 19 heavy (non-hydrogen) atoms. The SMILES string of the molecule is CC(C)OCC(=O)Nc1cccc(OC(F)(F)F)c1. The lowest BCUT2D eigenvalue weighted by Gasteiger charge is -2.11. The lowest BCUT2D eigenvalue weighted by molar-refractivity contribution is -0.274. The maximum absolute atomic E-state index is 12.0. The fraction of sp³-hybridized carbons (Fsp3) is 0.417. The van der Waals surface area contributed by atoms with Gasteiger partial charge >= 0.3 is 6.36 Å². The van der Waals surface area contributed by atoms with E-state index in [1.807, 2.05) is 0 Å². The molecule has 1 amide bonds. The quantitative estimate of drug-likeness (QED) is 0.900. The maximum atomic E-state index is 12.0. The van der Waals surface area contributed by atoms with Gasteiger partial charge < -0.3 is 14.8 Å². The number of ether oxygens (including phenoxy) is 2. The minimum atomic E-state index is -4.76. The summed E-state index contributed by atoms with van der Waals surface area (Å²) in [5.41, 5.74) is 0.208.